The number of aliphatic hydroxyl groups is 1. The molecular weight excluding hydrogens is 345 g/mol. The normalized spacial score (nSPS) is 27.1. The summed E-state index contributed by atoms with van der Waals surface area (Å²) in [6.45, 7) is 2.05. The van der Waals surface area contributed by atoms with E-state index in [1.54, 1.807) is 13.0 Å². The Morgan fingerprint density at radius 1 is 1.23 bits per heavy atom. The van der Waals surface area contributed by atoms with Crippen LogP contribution < -0.4 is 0 Å². The molecule has 1 aromatic carbocycles. The van der Waals surface area contributed by atoms with E-state index in [-0.39, 0.29) is 16.0 Å². The fourth-order valence-corrected chi connectivity index (χ4v) is 5.62. The molecule has 1 N–H and O–H groups in total. The molecule has 3 rings (SSSR count). The van der Waals surface area contributed by atoms with Gasteiger partial charge in [-0.05, 0) is 56.2 Å². The van der Waals surface area contributed by atoms with Crippen LogP contribution in [0.1, 0.15) is 31.2 Å². The number of sulfonamides is 1. The van der Waals surface area contributed by atoms with Gasteiger partial charge in [-0.3, -0.25) is 0 Å². The van der Waals surface area contributed by atoms with Gasteiger partial charge in [-0.2, -0.15) is 4.31 Å². The first-order valence-corrected chi connectivity index (χ1v) is 9.66. The molecular formula is C15H19Cl2NO3S. The van der Waals surface area contributed by atoms with Crippen molar-refractivity contribution in [1.29, 1.82) is 0 Å². The number of halogens is 2. The molecule has 1 heterocycles. The first-order chi connectivity index (χ1) is 10.3. The molecule has 1 aromatic rings. The number of nitrogens with zero attached hydrogens (tertiary/aromatic N) is 1. The second-order valence-corrected chi connectivity index (χ2v) is 8.83. The van der Waals surface area contributed by atoms with Crippen LogP contribution in [0.2, 0.25) is 10.0 Å². The number of aliphatic hydroxyl groups excluding tert-OH is 1. The van der Waals surface area contributed by atoms with Crippen molar-refractivity contribution >= 4 is 33.2 Å². The molecule has 4 nitrogen and oxygen atoms in total. The lowest BCUT2D eigenvalue weighted by Crippen LogP contribution is -2.48. The van der Waals surface area contributed by atoms with Crippen molar-refractivity contribution in [2.45, 2.75) is 49.6 Å². The Labute approximate surface area is 141 Å². The number of hydrogen-bond acceptors (Lipinski definition) is 3. The van der Waals surface area contributed by atoms with Crippen molar-refractivity contribution in [3.63, 3.8) is 0 Å². The third-order valence-corrected chi connectivity index (χ3v) is 7.58. The largest absolute Gasteiger partial charge is 0.393 e. The summed E-state index contributed by atoms with van der Waals surface area (Å²) in [5, 5.41) is 10.5. The van der Waals surface area contributed by atoms with Gasteiger partial charge < -0.3 is 5.11 Å². The van der Waals surface area contributed by atoms with Gasteiger partial charge in [-0.1, -0.05) is 23.2 Å². The van der Waals surface area contributed by atoms with E-state index in [1.807, 2.05) is 0 Å². The first kappa shape index (κ1) is 16.5. The van der Waals surface area contributed by atoms with E-state index in [1.165, 1.54) is 10.4 Å². The minimum absolute atomic E-state index is 0.109. The van der Waals surface area contributed by atoms with Gasteiger partial charge in [0.15, 0.2) is 0 Å². The van der Waals surface area contributed by atoms with Crippen LogP contribution in [-0.4, -0.2) is 36.5 Å². The van der Waals surface area contributed by atoms with E-state index >= 15 is 0 Å². The van der Waals surface area contributed by atoms with Crippen molar-refractivity contribution in [1.82, 2.24) is 4.31 Å². The molecule has 7 heteroatoms. The number of piperidine rings is 1. The Morgan fingerprint density at radius 2 is 1.91 bits per heavy atom. The van der Waals surface area contributed by atoms with Crippen LogP contribution in [0.4, 0.5) is 0 Å². The Kier molecular flexibility index (Phi) is 4.47. The van der Waals surface area contributed by atoms with Crippen LogP contribution in [-0.2, 0) is 10.0 Å². The quantitative estimate of drug-likeness (QED) is 0.896. The SMILES string of the molecule is Cc1c(Cl)ccc(S(=O)(=O)N2CC[C@@H](O)C[C@@H]2C2CC2)c1Cl. The Bertz CT molecular complexity index is 688. The van der Waals surface area contributed by atoms with Gasteiger partial charge >= 0.3 is 0 Å². The molecule has 0 radical (unpaired) electrons. The maximum atomic E-state index is 13.0. The minimum Gasteiger partial charge on any atom is -0.393 e. The molecule has 2 fully saturated rings. The molecule has 0 aromatic heterocycles. The lowest BCUT2D eigenvalue weighted by Gasteiger charge is -2.37. The van der Waals surface area contributed by atoms with E-state index in [0.717, 1.165) is 12.8 Å². The second-order valence-electron chi connectivity index (χ2n) is 6.18. The van der Waals surface area contributed by atoms with E-state index in [9.17, 15) is 13.5 Å². The predicted octanol–water partition coefficient (Wildman–Crippen LogP) is 3.23. The van der Waals surface area contributed by atoms with Crippen LogP contribution in [0.3, 0.4) is 0 Å². The molecule has 0 unspecified atom stereocenters. The van der Waals surface area contributed by atoms with Crippen molar-refractivity contribution in [2.75, 3.05) is 6.54 Å². The maximum Gasteiger partial charge on any atom is 0.244 e. The summed E-state index contributed by atoms with van der Waals surface area (Å²) in [6, 6.07) is 2.92. The molecule has 22 heavy (non-hydrogen) atoms. The van der Waals surface area contributed by atoms with Gasteiger partial charge in [-0.15, -0.1) is 0 Å². The second kappa shape index (κ2) is 5.95. The number of rotatable bonds is 3. The number of benzene rings is 1. The Hall–Kier alpha value is -0.330. The highest BCUT2D eigenvalue weighted by Crippen LogP contribution is 2.42. The van der Waals surface area contributed by atoms with Crippen LogP contribution >= 0.6 is 23.2 Å². The molecule has 0 amide bonds. The molecule has 1 aliphatic heterocycles. The van der Waals surface area contributed by atoms with Gasteiger partial charge in [0, 0.05) is 17.6 Å². The van der Waals surface area contributed by atoms with Gasteiger partial charge in [0.05, 0.1) is 11.1 Å². The molecule has 1 saturated heterocycles. The molecule has 2 atom stereocenters. The summed E-state index contributed by atoms with van der Waals surface area (Å²) in [5.41, 5.74) is 0.574. The van der Waals surface area contributed by atoms with Gasteiger partial charge in [0.25, 0.3) is 0 Å². The summed E-state index contributed by atoms with van der Waals surface area (Å²) in [4.78, 5) is 0.109. The molecule has 122 valence electrons. The van der Waals surface area contributed by atoms with Gasteiger partial charge in [0.1, 0.15) is 4.90 Å². The standard InChI is InChI=1S/C15H19Cl2NO3S/c1-9-12(16)4-5-14(15(9)17)22(20,21)18-7-6-11(19)8-13(18)10-2-3-10/h4-5,10-11,13,19H,2-3,6-8H2,1H3/t11-,13-/m1/s1. The third-order valence-electron chi connectivity index (χ3n) is 4.60. The van der Waals surface area contributed by atoms with E-state index in [0.29, 0.717) is 35.9 Å². The predicted molar refractivity (Wildman–Crippen MR) is 86.8 cm³/mol. The van der Waals surface area contributed by atoms with E-state index in [2.05, 4.69) is 0 Å². The summed E-state index contributed by atoms with van der Waals surface area (Å²) in [7, 11) is -3.68. The number of hydrogen-bond donors (Lipinski definition) is 1. The summed E-state index contributed by atoms with van der Waals surface area (Å²) < 4.78 is 27.6. The smallest absolute Gasteiger partial charge is 0.244 e. The zero-order valence-electron chi connectivity index (χ0n) is 12.3. The van der Waals surface area contributed by atoms with Crippen molar-refractivity contribution in [3.05, 3.63) is 27.7 Å². The lowest BCUT2D eigenvalue weighted by atomic mass is 9.98. The molecule has 1 saturated carbocycles. The minimum atomic E-state index is -3.68. The summed E-state index contributed by atoms with van der Waals surface area (Å²) in [6.07, 6.45) is 2.60. The third kappa shape index (κ3) is 2.89. The lowest BCUT2D eigenvalue weighted by molar-refractivity contribution is 0.0736. The summed E-state index contributed by atoms with van der Waals surface area (Å²) >= 11 is 12.2. The van der Waals surface area contributed by atoms with E-state index in [4.69, 9.17) is 23.2 Å². The fraction of sp³-hybridized carbons (Fsp3) is 0.600. The first-order valence-electron chi connectivity index (χ1n) is 7.47. The van der Waals surface area contributed by atoms with Crippen LogP contribution in [0, 0.1) is 12.8 Å². The topological polar surface area (TPSA) is 57.6 Å². The highest BCUT2D eigenvalue weighted by molar-refractivity contribution is 7.89. The highest BCUT2D eigenvalue weighted by Gasteiger charge is 2.44. The van der Waals surface area contributed by atoms with Crippen LogP contribution in [0.15, 0.2) is 17.0 Å². The van der Waals surface area contributed by atoms with Crippen molar-refractivity contribution in [3.8, 4) is 0 Å². The van der Waals surface area contributed by atoms with Crippen LogP contribution in [0.5, 0.6) is 0 Å². The van der Waals surface area contributed by atoms with E-state index < -0.39 is 16.1 Å². The van der Waals surface area contributed by atoms with Crippen LogP contribution in [0.25, 0.3) is 0 Å². The Balaban J connectivity index is 2.00. The average molecular weight is 364 g/mol. The molecule has 1 aliphatic carbocycles. The van der Waals surface area contributed by atoms with Gasteiger partial charge in [0.2, 0.25) is 10.0 Å². The average Bonchev–Trinajstić information content (AvgIpc) is 3.28. The fourth-order valence-electron chi connectivity index (χ4n) is 3.13. The van der Waals surface area contributed by atoms with Crippen molar-refractivity contribution in [2.24, 2.45) is 5.92 Å². The zero-order valence-corrected chi connectivity index (χ0v) is 14.6. The van der Waals surface area contributed by atoms with Gasteiger partial charge in [-0.25, -0.2) is 8.42 Å². The Morgan fingerprint density at radius 3 is 2.55 bits per heavy atom. The molecule has 2 aliphatic rings. The maximum absolute atomic E-state index is 13.0. The molecule has 0 spiro atoms. The molecule has 0 bridgehead atoms. The highest BCUT2D eigenvalue weighted by atomic mass is 35.5. The monoisotopic (exact) mass is 363 g/mol. The zero-order chi connectivity index (χ0) is 16.1. The van der Waals surface area contributed by atoms with Crippen molar-refractivity contribution < 1.29 is 13.5 Å². The summed E-state index contributed by atoms with van der Waals surface area (Å²) in [5.74, 6) is 0.358.